The van der Waals surface area contributed by atoms with E-state index in [1.54, 1.807) is 0 Å². The quantitative estimate of drug-likeness (QED) is 0.791. The molecule has 0 N–H and O–H groups in total. The first kappa shape index (κ1) is 11.9. The Labute approximate surface area is 105 Å². The van der Waals surface area contributed by atoms with E-state index in [9.17, 15) is 13.6 Å². The van der Waals surface area contributed by atoms with E-state index in [4.69, 9.17) is 0 Å². The molecule has 1 saturated heterocycles. The summed E-state index contributed by atoms with van der Waals surface area (Å²) in [6.07, 6.45) is 0.270. The van der Waals surface area contributed by atoms with Crippen LogP contribution in [0.3, 0.4) is 0 Å². The van der Waals surface area contributed by atoms with Crippen molar-refractivity contribution in [2.45, 2.75) is 11.7 Å². The summed E-state index contributed by atoms with van der Waals surface area (Å²) in [5.74, 6) is -1.63. The van der Waals surface area contributed by atoms with Gasteiger partial charge in [-0.15, -0.1) is 0 Å². The minimum absolute atomic E-state index is 0.0861. The summed E-state index contributed by atoms with van der Waals surface area (Å²) < 4.78 is 26.7. The van der Waals surface area contributed by atoms with Gasteiger partial charge in [0.2, 0.25) is 5.91 Å². The molecule has 1 aliphatic rings. The van der Waals surface area contributed by atoms with Crippen LogP contribution in [-0.4, -0.2) is 17.7 Å². The number of anilines is 1. The zero-order chi connectivity index (χ0) is 11.9. The Balaban J connectivity index is 2.44. The molecule has 0 radical (unpaired) electrons. The van der Waals surface area contributed by atoms with Crippen LogP contribution in [-0.2, 0) is 4.79 Å². The largest absolute Gasteiger partial charge is 0.308 e. The summed E-state index contributed by atoms with van der Waals surface area (Å²) in [6, 6.07) is 1.90. The molecule has 1 aromatic carbocycles. The van der Waals surface area contributed by atoms with Gasteiger partial charge in [-0.1, -0.05) is 0 Å². The van der Waals surface area contributed by atoms with Gasteiger partial charge in [-0.05, 0) is 22.0 Å². The maximum absolute atomic E-state index is 13.6. The van der Waals surface area contributed by atoms with Gasteiger partial charge < -0.3 is 4.90 Å². The van der Waals surface area contributed by atoms with Gasteiger partial charge in [0.25, 0.3) is 0 Å². The Morgan fingerprint density at radius 1 is 1.44 bits per heavy atom. The minimum Gasteiger partial charge on any atom is -0.308 e. The van der Waals surface area contributed by atoms with Crippen molar-refractivity contribution >= 4 is 40.2 Å². The molecule has 16 heavy (non-hydrogen) atoms. The Bertz CT molecular complexity index is 431. The highest BCUT2D eigenvalue weighted by Gasteiger charge is 2.31. The van der Waals surface area contributed by atoms with Crippen LogP contribution < -0.4 is 4.90 Å². The van der Waals surface area contributed by atoms with Crippen molar-refractivity contribution in [1.82, 2.24) is 0 Å². The Morgan fingerprint density at radius 2 is 2.12 bits per heavy atom. The Morgan fingerprint density at radius 3 is 2.62 bits per heavy atom. The number of amides is 1. The smallest absolute Gasteiger partial charge is 0.228 e. The van der Waals surface area contributed by atoms with Crippen molar-refractivity contribution in [2.24, 2.45) is 0 Å². The van der Waals surface area contributed by atoms with E-state index in [-0.39, 0.29) is 27.7 Å². The lowest BCUT2D eigenvalue weighted by atomic mass is 10.2. The number of hydrogen-bond donors (Lipinski definition) is 1. The van der Waals surface area contributed by atoms with Crippen molar-refractivity contribution < 1.29 is 13.6 Å². The molecule has 0 bridgehead atoms. The van der Waals surface area contributed by atoms with Gasteiger partial charge >= 0.3 is 0 Å². The minimum atomic E-state index is -0.748. The molecule has 86 valence electrons. The van der Waals surface area contributed by atoms with E-state index in [2.05, 4.69) is 28.6 Å². The van der Waals surface area contributed by atoms with E-state index in [0.717, 1.165) is 12.1 Å². The number of halogens is 3. The Hall–Kier alpha value is -0.620. The number of thiol groups is 1. The van der Waals surface area contributed by atoms with Crippen LogP contribution in [0.2, 0.25) is 0 Å². The van der Waals surface area contributed by atoms with Crippen LogP contribution in [0, 0.1) is 11.6 Å². The first-order valence-electron chi connectivity index (χ1n) is 4.62. The van der Waals surface area contributed by atoms with Gasteiger partial charge in [0.05, 0.1) is 5.69 Å². The van der Waals surface area contributed by atoms with Crippen LogP contribution in [0.5, 0.6) is 0 Å². The molecule has 1 aromatic rings. The van der Waals surface area contributed by atoms with Crippen molar-refractivity contribution in [1.29, 1.82) is 0 Å². The summed E-state index contributed by atoms with van der Waals surface area (Å²) in [4.78, 5) is 12.9. The van der Waals surface area contributed by atoms with Crippen LogP contribution in [0.1, 0.15) is 6.42 Å². The molecule has 1 amide bonds. The fourth-order valence-corrected chi connectivity index (χ4v) is 2.64. The summed E-state index contributed by atoms with van der Waals surface area (Å²) >= 11 is 7.23. The van der Waals surface area contributed by atoms with Crippen molar-refractivity contribution in [2.75, 3.05) is 11.4 Å². The number of benzene rings is 1. The fourth-order valence-electron chi connectivity index (χ4n) is 1.70. The molecular formula is C10H8BrF2NOS. The maximum Gasteiger partial charge on any atom is 0.228 e. The van der Waals surface area contributed by atoms with Gasteiger partial charge in [-0.3, -0.25) is 4.79 Å². The van der Waals surface area contributed by atoms with E-state index < -0.39 is 11.6 Å². The highest BCUT2D eigenvalue weighted by Crippen LogP contribution is 2.34. The maximum atomic E-state index is 13.6. The third-order valence-electron chi connectivity index (χ3n) is 2.36. The van der Waals surface area contributed by atoms with Gasteiger partial charge in [0, 0.05) is 28.8 Å². The van der Waals surface area contributed by atoms with Gasteiger partial charge in [0.1, 0.15) is 5.82 Å². The third kappa shape index (κ3) is 2.08. The van der Waals surface area contributed by atoms with Gasteiger partial charge in [-0.25, -0.2) is 8.78 Å². The molecule has 2 nitrogen and oxygen atoms in total. The average molecular weight is 308 g/mol. The average Bonchev–Trinajstić information content (AvgIpc) is 2.43. The monoisotopic (exact) mass is 307 g/mol. The molecule has 1 heterocycles. The molecule has 6 heteroatoms. The molecule has 0 aromatic heterocycles. The zero-order valence-corrected chi connectivity index (χ0v) is 10.6. The van der Waals surface area contributed by atoms with E-state index >= 15 is 0 Å². The Kier molecular flexibility index (Phi) is 3.21. The third-order valence-corrected chi connectivity index (χ3v) is 3.31. The molecule has 0 spiro atoms. The molecule has 1 aliphatic heterocycles. The molecule has 1 fully saturated rings. The summed E-state index contributed by atoms with van der Waals surface area (Å²) in [7, 11) is 0. The van der Waals surface area contributed by atoms with Gasteiger partial charge in [-0.2, -0.15) is 12.6 Å². The molecular weight excluding hydrogens is 300 g/mol. The normalized spacial score (nSPS) is 20.6. The highest BCUT2D eigenvalue weighted by atomic mass is 79.9. The second kappa shape index (κ2) is 4.33. The summed E-state index contributed by atoms with van der Waals surface area (Å²) in [5, 5.41) is -0.108. The van der Waals surface area contributed by atoms with Crippen molar-refractivity contribution in [3.05, 3.63) is 28.2 Å². The van der Waals surface area contributed by atoms with Crippen LogP contribution in [0.4, 0.5) is 14.5 Å². The second-order valence-electron chi connectivity index (χ2n) is 3.58. The fraction of sp³-hybridized carbons (Fsp3) is 0.300. The first-order valence-corrected chi connectivity index (χ1v) is 5.93. The SMILES string of the molecule is O=C1CC(S)CN1c1c(F)cc(F)cc1Br. The van der Waals surface area contributed by atoms with E-state index in [0.29, 0.717) is 6.54 Å². The molecule has 0 aliphatic carbocycles. The number of carbonyl (C=O) groups is 1. The number of hydrogen-bond acceptors (Lipinski definition) is 2. The predicted octanol–water partition coefficient (Wildman–Crippen LogP) is 2.76. The second-order valence-corrected chi connectivity index (χ2v) is 5.16. The lowest BCUT2D eigenvalue weighted by molar-refractivity contribution is -0.117. The first-order chi connectivity index (χ1) is 7.49. The number of nitrogens with zero attached hydrogens (tertiary/aromatic N) is 1. The molecule has 1 unspecified atom stereocenters. The topological polar surface area (TPSA) is 20.3 Å². The standard InChI is InChI=1S/C10H8BrF2NOS/c11-7-1-5(12)2-8(13)10(7)14-4-6(16)3-9(14)15/h1-2,6,16H,3-4H2. The lowest BCUT2D eigenvalue weighted by Gasteiger charge is -2.18. The highest BCUT2D eigenvalue weighted by molar-refractivity contribution is 9.10. The zero-order valence-electron chi connectivity index (χ0n) is 8.08. The van der Waals surface area contributed by atoms with Gasteiger partial charge in [0.15, 0.2) is 5.82 Å². The number of carbonyl (C=O) groups excluding carboxylic acids is 1. The molecule has 1 atom stereocenters. The number of rotatable bonds is 1. The summed E-state index contributed by atoms with van der Waals surface area (Å²) in [5.41, 5.74) is 0.0861. The van der Waals surface area contributed by atoms with Crippen molar-refractivity contribution in [3.63, 3.8) is 0 Å². The lowest BCUT2D eigenvalue weighted by Crippen LogP contribution is -2.26. The van der Waals surface area contributed by atoms with E-state index in [1.807, 2.05) is 0 Å². The van der Waals surface area contributed by atoms with E-state index in [1.165, 1.54) is 4.90 Å². The molecule has 2 rings (SSSR count). The summed E-state index contributed by atoms with van der Waals surface area (Å²) in [6.45, 7) is 0.336. The van der Waals surface area contributed by atoms with Crippen LogP contribution in [0.25, 0.3) is 0 Å². The van der Waals surface area contributed by atoms with Crippen LogP contribution in [0.15, 0.2) is 16.6 Å². The van der Waals surface area contributed by atoms with Crippen LogP contribution >= 0.6 is 28.6 Å². The molecule has 0 saturated carbocycles. The predicted molar refractivity (Wildman–Crippen MR) is 63.8 cm³/mol. The van der Waals surface area contributed by atoms with Crippen molar-refractivity contribution in [3.8, 4) is 0 Å².